The quantitative estimate of drug-likeness (QED) is 0.0848. The van der Waals surface area contributed by atoms with Crippen LogP contribution in [0.3, 0.4) is 0 Å². The summed E-state index contributed by atoms with van der Waals surface area (Å²) < 4.78 is 19.5. The number of tetrazole rings is 1. The third-order valence-electron chi connectivity index (χ3n) is 8.27. The minimum atomic E-state index is -1.57. The zero-order valence-electron chi connectivity index (χ0n) is 27.6. The monoisotopic (exact) mass is 704 g/mol. The van der Waals surface area contributed by atoms with E-state index in [9.17, 15) is 19.1 Å². The highest BCUT2D eigenvalue weighted by molar-refractivity contribution is 6.30. The summed E-state index contributed by atoms with van der Waals surface area (Å²) in [5.74, 6) is -2.23. The molecule has 0 saturated heterocycles. The molecule has 0 spiro atoms. The molecule has 51 heavy (non-hydrogen) atoms. The van der Waals surface area contributed by atoms with Gasteiger partial charge in [-0.15, -0.1) is 15.0 Å². The Morgan fingerprint density at radius 1 is 0.882 bits per heavy atom. The van der Waals surface area contributed by atoms with Gasteiger partial charge in [0, 0.05) is 17.1 Å². The van der Waals surface area contributed by atoms with E-state index < -0.39 is 29.3 Å². The Kier molecular flexibility index (Phi) is 10.9. The fraction of sp³-hybridized carbons (Fsp3) is 0.154. The summed E-state index contributed by atoms with van der Waals surface area (Å²) in [6, 6.07) is 40.3. The van der Waals surface area contributed by atoms with E-state index in [-0.39, 0.29) is 25.5 Å². The number of hydrazine groups is 1. The maximum absolute atomic E-state index is 14.5. The number of carbonyl (C=O) groups excluding carboxylic acids is 2. The predicted molar refractivity (Wildman–Crippen MR) is 190 cm³/mol. The molecule has 6 rings (SSSR count). The average Bonchev–Trinajstić information content (AvgIpc) is 3.66. The molecule has 0 unspecified atom stereocenters. The summed E-state index contributed by atoms with van der Waals surface area (Å²) >= 11 is 6.09. The van der Waals surface area contributed by atoms with Crippen LogP contribution in [0.1, 0.15) is 39.8 Å². The highest BCUT2D eigenvalue weighted by Crippen LogP contribution is 2.39. The molecule has 6 aromatic rings. The number of amides is 1. The molecule has 10 nitrogen and oxygen atoms in total. The van der Waals surface area contributed by atoms with Gasteiger partial charge in [0.1, 0.15) is 5.82 Å². The van der Waals surface area contributed by atoms with Gasteiger partial charge in [-0.25, -0.2) is 14.2 Å². The van der Waals surface area contributed by atoms with Crippen LogP contribution in [0, 0.1) is 5.82 Å². The molecular weight excluding hydrogens is 671 g/mol. The van der Waals surface area contributed by atoms with Gasteiger partial charge in [0.2, 0.25) is 0 Å². The molecule has 0 aliphatic rings. The van der Waals surface area contributed by atoms with Crippen LogP contribution in [0.2, 0.25) is 5.02 Å². The summed E-state index contributed by atoms with van der Waals surface area (Å²) in [7, 11) is 0. The topological polar surface area (TPSA) is 122 Å². The second kappa shape index (κ2) is 15.9. The van der Waals surface area contributed by atoms with Crippen molar-refractivity contribution in [2.24, 2.45) is 0 Å². The van der Waals surface area contributed by atoms with Crippen molar-refractivity contribution in [1.82, 2.24) is 30.6 Å². The number of halogens is 2. The van der Waals surface area contributed by atoms with Gasteiger partial charge >= 0.3 is 11.9 Å². The minimum Gasteiger partial charge on any atom is -0.464 e. The highest BCUT2D eigenvalue weighted by Gasteiger charge is 2.41. The lowest BCUT2D eigenvalue weighted by atomic mass is 9.77. The number of hydrogen-bond donors (Lipinski definition) is 2. The van der Waals surface area contributed by atoms with Gasteiger partial charge in [0.15, 0.2) is 11.6 Å². The van der Waals surface area contributed by atoms with E-state index in [0.717, 1.165) is 16.7 Å². The van der Waals surface area contributed by atoms with Crippen molar-refractivity contribution in [1.29, 1.82) is 0 Å². The molecule has 1 heterocycles. The van der Waals surface area contributed by atoms with E-state index in [1.807, 2.05) is 91.0 Å². The zero-order valence-corrected chi connectivity index (χ0v) is 28.3. The van der Waals surface area contributed by atoms with Crippen LogP contribution in [-0.4, -0.2) is 61.5 Å². The van der Waals surface area contributed by atoms with Crippen LogP contribution in [0.5, 0.6) is 0 Å². The summed E-state index contributed by atoms with van der Waals surface area (Å²) in [6.07, 6.45) is -1.57. The Balaban J connectivity index is 1.32. The van der Waals surface area contributed by atoms with Crippen molar-refractivity contribution in [3.63, 3.8) is 0 Å². The lowest BCUT2D eigenvalue weighted by Gasteiger charge is -2.34. The summed E-state index contributed by atoms with van der Waals surface area (Å²) in [4.78, 5) is 27.6. The van der Waals surface area contributed by atoms with Crippen molar-refractivity contribution < 1.29 is 23.8 Å². The number of aliphatic hydroxyl groups is 1. The molecule has 0 aliphatic carbocycles. The maximum atomic E-state index is 14.5. The number of aliphatic hydroxyl groups excluding tert-OH is 1. The number of nitrogens with zero attached hydrogens (tertiary/aromatic N) is 5. The van der Waals surface area contributed by atoms with Crippen molar-refractivity contribution in [3.8, 4) is 11.1 Å². The van der Waals surface area contributed by atoms with E-state index in [1.165, 1.54) is 28.0 Å². The Morgan fingerprint density at radius 2 is 1.45 bits per heavy atom. The Hall–Kier alpha value is -5.75. The van der Waals surface area contributed by atoms with E-state index in [2.05, 4.69) is 20.8 Å². The third-order valence-corrected chi connectivity index (χ3v) is 8.50. The van der Waals surface area contributed by atoms with Crippen molar-refractivity contribution in [2.75, 3.05) is 13.2 Å². The van der Waals surface area contributed by atoms with Gasteiger partial charge in [-0.2, -0.15) is 0 Å². The molecule has 0 radical (unpaired) electrons. The van der Waals surface area contributed by atoms with Crippen LogP contribution in [0.4, 0.5) is 4.39 Å². The van der Waals surface area contributed by atoms with Crippen LogP contribution >= 0.6 is 11.6 Å². The summed E-state index contributed by atoms with van der Waals surface area (Å²) in [5.41, 5.74) is 5.77. The highest BCUT2D eigenvalue weighted by atomic mass is 35.5. The van der Waals surface area contributed by atoms with E-state index in [1.54, 1.807) is 31.2 Å². The number of esters is 1. The largest absolute Gasteiger partial charge is 0.464 e. The lowest BCUT2D eigenvalue weighted by molar-refractivity contribution is -0.154. The molecular formula is C39H34ClFN6O4. The first kappa shape index (κ1) is 35.1. The van der Waals surface area contributed by atoms with Crippen molar-refractivity contribution in [3.05, 3.63) is 172 Å². The molecule has 1 aromatic heterocycles. The van der Waals surface area contributed by atoms with Crippen LogP contribution in [0.25, 0.3) is 11.1 Å². The molecule has 0 fully saturated rings. The average molecular weight is 705 g/mol. The van der Waals surface area contributed by atoms with Gasteiger partial charge in [0.05, 0.1) is 13.2 Å². The van der Waals surface area contributed by atoms with Crippen LogP contribution < -0.4 is 5.43 Å². The fourth-order valence-corrected chi connectivity index (χ4v) is 6.10. The first-order valence-electron chi connectivity index (χ1n) is 16.2. The smallest absolute Gasteiger partial charge is 0.336 e. The van der Waals surface area contributed by atoms with Crippen LogP contribution in [-0.2, 0) is 21.6 Å². The molecule has 0 bridgehead atoms. The molecule has 5 aromatic carbocycles. The Morgan fingerprint density at radius 3 is 2.00 bits per heavy atom. The second-order valence-corrected chi connectivity index (χ2v) is 12.1. The van der Waals surface area contributed by atoms with E-state index >= 15 is 0 Å². The normalized spacial score (nSPS) is 12.0. The van der Waals surface area contributed by atoms with Gasteiger partial charge in [-0.05, 0) is 58.2 Å². The van der Waals surface area contributed by atoms with Crippen molar-refractivity contribution >= 4 is 23.5 Å². The molecule has 1 amide bonds. The second-order valence-electron chi connectivity index (χ2n) is 11.6. The first-order chi connectivity index (χ1) is 24.8. The van der Waals surface area contributed by atoms with Gasteiger partial charge in [-0.1, -0.05) is 127 Å². The predicted octanol–water partition coefficient (Wildman–Crippen LogP) is 6.04. The van der Waals surface area contributed by atoms with Gasteiger partial charge < -0.3 is 9.84 Å². The minimum absolute atomic E-state index is 0.0522. The first-order valence-corrected chi connectivity index (χ1v) is 16.6. The summed E-state index contributed by atoms with van der Waals surface area (Å²) in [5, 5.41) is 25.6. The maximum Gasteiger partial charge on any atom is 0.336 e. The zero-order chi connectivity index (χ0) is 35.8. The SMILES string of the molecule is CCOC(=O)[C@H](O)CN(Cc1ccc(-c2cc(Cl)ccc2F)cc1)NC(=O)c1nnn(C(c2ccccc2)(c2ccccc2)c2ccccc2)n1. The molecule has 12 heteroatoms. The van der Waals surface area contributed by atoms with Gasteiger partial charge in [-0.3, -0.25) is 10.2 Å². The number of hydrogen-bond acceptors (Lipinski definition) is 8. The number of carbonyl (C=O) groups is 2. The van der Waals surface area contributed by atoms with E-state index in [4.69, 9.17) is 16.3 Å². The third kappa shape index (κ3) is 7.71. The number of rotatable bonds is 13. The van der Waals surface area contributed by atoms with Gasteiger partial charge in [0.25, 0.3) is 5.82 Å². The standard InChI is InChI=1S/C39H34ClFN6O4/c1-2-51-38(50)35(48)26-46(25-27-18-20-28(21-19-27)33-24-32(40)22-23-34(33)41)44-37(49)36-42-45-47(43-36)39(29-12-6-3-7-13-29,30-14-8-4-9-15-30)31-16-10-5-11-17-31/h3-24,35,48H,2,25-26H2,1H3,(H,44,49)/t35-/m1/s1. The lowest BCUT2D eigenvalue weighted by Crippen LogP contribution is -2.48. The number of aromatic nitrogens is 4. The Bertz CT molecular complexity index is 1990. The summed E-state index contributed by atoms with van der Waals surface area (Å²) in [6.45, 7) is 1.44. The van der Waals surface area contributed by atoms with Crippen molar-refractivity contribution in [2.45, 2.75) is 25.1 Å². The number of benzene rings is 5. The fourth-order valence-electron chi connectivity index (χ4n) is 5.93. The van der Waals surface area contributed by atoms with E-state index in [0.29, 0.717) is 21.7 Å². The van der Waals surface area contributed by atoms with Crippen LogP contribution in [0.15, 0.2) is 133 Å². The Labute approximate surface area is 299 Å². The number of nitrogens with one attached hydrogen (secondary N) is 1. The number of ether oxygens (including phenoxy) is 1. The molecule has 0 saturated carbocycles. The molecule has 2 N–H and O–H groups in total. The molecule has 258 valence electrons. The molecule has 1 atom stereocenters. The molecule has 0 aliphatic heterocycles.